The number of amides is 2. The Hall–Kier alpha value is -2.16. The van der Waals surface area contributed by atoms with E-state index in [0.717, 1.165) is 4.90 Å². The summed E-state index contributed by atoms with van der Waals surface area (Å²) in [6, 6.07) is 8.35. The first-order chi connectivity index (χ1) is 14.0. The Balaban J connectivity index is 3.11. The standard InChI is InChI=1S/C22H36N2O6/c1-7-19(29-8-2)24(14-18(26)17-12-10-9-11-13-17)21(28)23(16(3)25)15-20(27)30-22(4,5)6/h9-13,16,18-19,25-26H,7-8,14-15H2,1-6H3. The van der Waals surface area contributed by atoms with Crippen molar-refractivity contribution in [3.63, 3.8) is 0 Å². The summed E-state index contributed by atoms with van der Waals surface area (Å²) in [7, 11) is 0. The molecular formula is C22H36N2O6. The molecule has 30 heavy (non-hydrogen) atoms. The van der Waals surface area contributed by atoms with Gasteiger partial charge in [-0.05, 0) is 46.6 Å². The summed E-state index contributed by atoms with van der Waals surface area (Å²) in [5, 5.41) is 20.9. The van der Waals surface area contributed by atoms with E-state index in [2.05, 4.69) is 0 Å². The minimum Gasteiger partial charge on any atom is -0.459 e. The van der Waals surface area contributed by atoms with Gasteiger partial charge in [-0.15, -0.1) is 0 Å². The first kappa shape index (κ1) is 25.9. The monoisotopic (exact) mass is 424 g/mol. The van der Waals surface area contributed by atoms with E-state index < -0.39 is 42.7 Å². The topological polar surface area (TPSA) is 99.5 Å². The molecule has 8 heteroatoms. The summed E-state index contributed by atoms with van der Waals surface area (Å²) in [6.45, 7) is 10.1. The number of rotatable bonds is 10. The van der Waals surface area contributed by atoms with Crippen LogP contribution in [-0.2, 0) is 14.3 Å². The van der Waals surface area contributed by atoms with Crippen LogP contribution in [0, 0.1) is 0 Å². The highest BCUT2D eigenvalue weighted by molar-refractivity contribution is 5.81. The van der Waals surface area contributed by atoms with Crippen molar-refractivity contribution in [2.24, 2.45) is 0 Å². The summed E-state index contributed by atoms with van der Waals surface area (Å²) in [5.41, 5.74) is -0.0669. The second kappa shape index (κ2) is 11.9. The molecule has 0 aliphatic rings. The van der Waals surface area contributed by atoms with Gasteiger partial charge in [0.25, 0.3) is 0 Å². The van der Waals surface area contributed by atoms with Crippen molar-refractivity contribution >= 4 is 12.0 Å². The molecule has 0 radical (unpaired) electrons. The first-order valence-electron chi connectivity index (χ1n) is 10.3. The zero-order valence-corrected chi connectivity index (χ0v) is 18.9. The van der Waals surface area contributed by atoms with Crippen LogP contribution in [-0.4, -0.2) is 69.8 Å². The van der Waals surface area contributed by atoms with Crippen LogP contribution in [0.15, 0.2) is 30.3 Å². The molecule has 2 N–H and O–H groups in total. The van der Waals surface area contributed by atoms with Gasteiger partial charge < -0.3 is 19.7 Å². The maximum atomic E-state index is 13.3. The fraction of sp³-hybridized carbons (Fsp3) is 0.636. The van der Waals surface area contributed by atoms with E-state index in [-0.39, 0.29) is 6.54 Å². The van der Waals surface area contributed by atoms with Crippen LogP contribution in [0.25, 0.3) is 0 Å². The fourth-order valence-corrected chi connectivity index (χ4v) is 2.94. The largest absolute Gasteiger partial charge is 0.459 e. The molecule has 0 aromatic heterocycles. The average Bonchev–Trinajstić information content (AvgIpc) is 2.67. The van der Waals surface area contributed by atoms with Crippen molar-refractivity contribution in [3.8, 4) is 0 Å². The molecule has 0 aliphatic carbocycles. The molecule has 1 aromatic carbocycles. The smallest absolute Gasteiger partial charge is 0.326 e. The molecule has 1 aromatic rings. The number of carbonyl (C=O) groups excluding carboxylic acids is 2. The Kier molecular flexibility index (Phi) is 10.2. The van der Waals surface area contributed by atoms with E-state index in [9.17, 15) is 19.8 Å². The highest BCUT2D eigenvalue weighted by atomic mass is 16.6. The molecule has 0 saturated carbocycles. The summed E-state index contributed by atoms with van der Waals surface area (Å²) in [6.07, 6.45) is -2.34. The Bertz CT molecular complexity index is 659. The molecule has 0 saturated heterocycles. The number of urea groups is 1. The Morgan fingerprint density at radius 3 is 2.13 bits per heavy atom. The van der Waals surface area contributed by atoms with Gasteiger partial charge in [0.1, 0.15) is 24.6 Å². The predicted octanol–water partition coefficient (Wildman–Crippen LogP) is 2.90. The van der Waals surface area contributed by atoms with Crippen LogP contribution < -0.4 is 0 Å². The molecule has 3 unspecified atom stereocenters. The van der Waals surface area contributed by atoms with Gasteiger partial charge in [-0.25, -0.2) is 4.79 Å². The lowest BCUT2D eigenvalue weighted by Crippen LogP contribution is -2.54. The Morgan fingerprint density at radius 1 is 1.07 bits per heavy atom. The number of benzene rings is 1. The average molecular weight is 425 g/mol. The zero-order chi connectivity index (χ0) is 22.9. The zero-order valence-electron chi connectivity index (χ0n) is 18.9. The van der Waals surface area contributed by atoms with Crippen LogP contribution in [0.4, 0.5) is 4.79 Å². The Labute approximate surface area is 179 Å². The van der Waals surface area contributed by atoms with Crippen molar-refractivity contribution in [2.45, 2.75) is 72.1 Å². The highest BCUT2D eigenvalue weighted by Crippen LogP contribution is 2.20. The summed E-state index contributed by atoms with van der Waals surface area (Å²) in [5.74, 6) is -0.634. The number of carbonyl (C=O) groups is 2. The molecule has 3 atom stereocenters. The third-order valence-corrected chi connectivity index (χ3v) is 4.27. The molecular weight excluding hydrogens is 388 g/mol. The van der Waals surface area contributed by atoms with Gasteiger partial charge in [0.15, 0.2) is 0 Å². The lowest BCUT2D eigenvalue weighted by molar-refractivity contribution is -0.158. The van der Waals surface area contributed by atoms with E-state index in [1.807, 2.05) is 19.9 Å². The van der Waals surface area contributed by atoms with Crippen LogP contribution in [0.5, 0.6) is 0 Å². The number of hydrogen-bond acceptors (Lipinski definition) is 6. The number of ether oxygens (including phenoxy) is 2. The van der Waals surface area contributed by atoms with Gasteiger partial charge in [-0.3, -0.25) is 14.6 Å². The molecule has 1 rings (SSSR count). The number of nitrogens with zero attached hydrogens (tertiary/aromatic N) is 2. The highest BCUT2D eigenvalue weighted by Gasteiger charge is 2.33. The number of esters is 1. The Morgan fingerprint density at radius 2 is 1.67 bits per heavy atom. The lowest BCUT2D eigenvalue weighted by Gasteiger charge is -2.37. The lowest BCUT2D eigenvalue weighted by atomic mass is 10.1. The van der Waals surface area contributed by atoms with Gasteiger partial charge in [-0.2, -0.15) is 0 Å². The maximum absolute atomic E-state index is 13.3. The van der Waals surface area contributed by atoms with Crippen LogP contribution >= 0.6 is 0 Å². The molecule has 0 heterocycles. The first-order valence-corrected chi connectivity index (χ1v) is 10.3. The normalized spacial score (nSPS) is 14.5. The van der Waals surface area contributed by atoms with Crippen molar-refractivity contribution in [2.75, 3.05) is 19.7 Å². The van der Waals surface area contributed by atoms with Crippen molar-refractivity contribution in [1.82, 2.24) is 9.80 Å². The van der Waals surface area contributed by atoms with E-state index in [0.29, 0.717) is 18.6 Å². The predicted molar refractivity (Wildman–Crippen MR) is 113 cm³/mol. The third kappa shape index (κ3) is 8.30. The molecule has 0 aliphatic heterocycles. The van der Waals surface area contributed by atoms with Crippen molar-refractivity contribution in [3.05, 3.63) is 35.9 Å². The van der Waals surface area contributed by atoms with Crippen LogP contribution in [0.2, 0.25) is 0 Å². The van der Waals surface area contributed by atoms with E-state index >= 15 is 0 Å². The van der Waals surface area contributed by atoms with Gasteiger partial charge in [-0.1, -0.05) is 37.3 Å². The second-order valence-electron chi connectivity index (χ2n) is 8.03. The van der Waals surface area contributed by atoms with Gasteiger partial charge >= 0.3 is 12.0 Å². The van der Waals surface area contributed by atoms with Crippen LogP contribution in [0.1, 0.15) is 59.6 Å². The van der Waals surface area contributed by atoms with Crippen molar-refractivity contribution in [1.29, 1.82) is 0 Å². The van der Waals surface area contributed by atoms with Crippen molar-refractivity contribution < 1.29 is 29.3 Å². The van der Waals surface area contributed by atoms with Gasteiger partial charge in [0.2, 0.25) is 0 Å². The minimum atomic E-state index is -1.24. The third-order valence-electron chi connectivity index (χ3n) is 4.27. The number of aliphatic hydroxyl groups is 2. The van der Waals surface area contributed by atoms with E-state index in [1.165, 1.54) is 11.8 Å². The summed E-state index contributed by atoms with van der Waals surface area (Å²) < 4.78 is 11.0. The molecule has 170 valence electrons. The van der Waals surface area contributed by atoms with E-state index in [1.54, 1.807) is 45.0 Å². The number of aliphatic hydroxyl groups excluding tert-OH is 2. The second-order valence-corrected chi connectivity index (χ2v) is 8.03. The molecule has 0 bridgehead atoms. The summed E-state index contributed by atoms with van der Waals surface area (Å²) in [4.78, 5) is 28.0. The SMILES string of the molecule is CCOC(CC)N(CC(O)c1ccccc1)C(=O)N(CC(=O)OC(C)(C)C)C(C)O. The minimum absolute atomic E-state index is 0.0567. The molecule has 8 nitrogen and oxygen atoms in total. The number of hydrogen-bond donors (Lipinski definition) is 2. The quantitative estimate of drug-likeness (QED) is 0.443. The maximum Gasteiger partial charge on any atom is 0.326 e. The summed E-state index contributed by atoms with van der Waals surface area (Å²) >= 11 is 0. The fourth-order valence-electron chi connectivity index (χ4n) is 2.94. The molecule has 0 fully saturated rings. The molecule has 0 spiro atoms. The molecule has 2 amide bonds. The van der Waals surface area contributed by atoms with Crippen LogP contribution in [0.3, 0.4) is 0 Å². The van der Waals surface area contributed by atoms with E-state index in [4.69, 9.17) is 9.47 Å². The van der Waals surface area contributed by atoms with Gasteiger partial charge in [0.05, 0.1) is 12.6 Å². The van der Waals surface area contributed by atoms with Gasteiger partial charge in [0, 0.05) is 6.61 Å².